The summed E-state index contributed by atoms with van der Waals surface area (Å²) in [4.78, 5) is 11.3. The largest absolute Gasteiger partial charge is 0.280 e. The molecule has 2 saturated heterocycles. The molecule has 2 aliphatic heterocycles. The Morgan fingerprint density at radius 2 is 2.00 bits per heavy atom. The van der Waals surface area contributed by atoms with Crippen molar-refractivity contribution < 1.29 is 4.79 Å². The summed E-state index contributed by atoms with van der Waals surface area (Å²) in [6.07, 6.45) is 4.32. The van der Waals surface area contributed by atoms with Crippen LogP contribution in [0.2, 0.25) is 0 Å². The van der Waals surface area contributed by atoms with Crippen molar-refractivity contribution in [2.75, 3.05) is 6.54 Å². The van der Waals surface area contributed by atoms with Crippen LogP contribution >= 0.6 is 45.7 Å². The van der Waals surface area contributed by atoms with E-state index in [1.165, 1.54) is 19.4 Å². The fourth-order valence-electron chi connectivity index (χ4n) is 2.16. The molecule has 2 aliphatic rings. The van der Waals surface area contributed by atoms with E-state index in [4.69, 9.17) is 0 Å². The lowest BCUT2D eigenvalue weighted by Gasteiger charge is -2.27. The number of rotatable bonds is 1. The molecule has 0 aliphatic carbocycles. The molecule has 0 aromatic carbocycles. The zero-order valence-corrected chi connectivity index (χ0v) is 11.6. The molecule has 13 heavy (non-hydrogen) atoms. The van der Waals surface area contributed by atoms with Gasteiger partial charge in [0.1, 0.15) is 0 Å². The lowest BCUT2D eigenvalue weighted by molar-refractivity contribution is -0.123. The maximum absolute atomic E-state index is 11.3. The number of hydrogen-bond donors (Lipinski definition) is 0. The van der Waals surface area contributed by atoms with E-state index >= 15 is 0 Å². The zero-order chi connectivity index (χ0) is 9.42. The lowest BCUT2D eigenvalue weighted by Crippen LogP contribution is -2.39. The Bertz CT molecular complexity index is 224. The Hall–Kier alpha value is 0.890. The van der Waals surface area contributed by atoms with Gasteiger partial charge in [-0.15, -0.1) is 0 Å². The Kier molecular flexibility index (Phi) is 3.34. The van der Waals surface area contributed by atoms with Crippen molar-refractivity contribution in [1.29, 1.82) is 0 Å². The molecule has 5 heteroatoms. The smallest absolute Gasteiger partial charge is 0.231 e. The molecule has 0 saturated carbocycles. The summed E-state index contributed by atoms with van der Waals surface area (Å²) < 4.78 is 4.28. The van der Waals surface area contributed by atoms with Crippen molar-refractivity contribution in [1.82, 2.24) is 6.23 Å². The van der Waals surface area contributed by atoms with Gasteiger partial charge >= 0.3 is 0 Å². The standard InChI is InChI=1S/C8H12I2N2O/c9-11-5-1-2-6(11)7-3-4-8(13)12(7)10/h6-7H,1-5H2. The van der Waals surface area contributed by atoms with Crippen LogP contribution in [0.4, 0.5) is 0 Å². The topological polar surface area (TPSA) is 23.6 Å². The van der Waals surface area contributed by atoms with Crippen LogP contribution < -0.4 is 0 Å². The Morgan fingerprint density at radius 1 is 1.23 bits per heavy atom. The van der Waals surface area contributed by atoms with E-state index < -0.39 is 0 Å². The van der Waals surface area contributed by atoms with E-state index in [2.05, 4.69) is 48.8 Å². The lowest BCUT2D eigenvalue weighted by atomic mass is 10.1. The predicted octanol–water partition coefficient (Wildman–Crippen LogP) is 2.14. The van der Waals surface area contributed by atoms with Crippen molar-refractivity contribution in [2.45, 2.75) is 37.8 Å². The number of nitrogens with zero attached hydrogens (tertiary/aromatic N) is 2. The summed E-state index contributed by atoms with van der Waals surface area (Å²) in [5, 5.41) is 0. The van der Waals surface area contributed by atoms with Crippen molar-refractivity contribution in [2.24, 2.45) is 0 Å². The summed E-state index contributed by atoms with van der Waals surface area (Å²) in [6, 6.07) is 1.07. The molecule has 2 heterocycles. The van der Waals surface area contributed by atoms with Crippen molar-refractivity contribution in [3.05, 3.63) is 0 Å². The molecule has 0 bridgehead atoms. The maximum Gasteiger partial charge on any atom is 0.231 e. The van der Waals surface area contributed by atoms with Crippen LogP contribution in [-0.4, -0.2) is 30.8 Å². The van der Waals surface area contributed by atoms with Gasteiger partial charge in [-0.25, -0.2) is 3.11 Å². The quantitative estimate of drug-likeness (QED) is 0.493. The number of amides is 1. The van der Waals surface area contributed by atoms with Gasteiger partial charge in [-0.05, 0) is 19.3 Å². The van der Waals surface area contributed by atoms with Crippen molar-refractivity contribution >= 4 is 51.6 Å². The molecule has 2 atom stereocenters. The minimum Gasteiger partial charge on any atom is -0.280 e. The Balaban J connectivity index is 2.04. The van der Waals surface area contributed by atoms with Crippen LogP contribution in [0.3, 0.4) is 0 Å². The first-order valence-electron chi connectivity index (χ1n) is 4.60. The molecule has 2 fully saturated rings. The summed E-state index contributed by atoms with van der Waals surface area (Å²) >= 11 is 4.57. The molecule has 0 spiro atoms. The molecule has 0 N–H and O–H groups in total. The second-order valence-electron chi connectivity index (χ2n) is 3.64. The fourth-order valence-corrected chi connectivity index (χ4v) is 4.04. The molecule has 74 valence electrons. The van der Waals surface area contributed by atoms with Gasteiger partial charge in [-0.3, -0.25) is 7.91 Å². The van der Waals surface area contributed by atoms with Gasteiger partial charge in [0.2, 0.25) is 5.91 Å². The molecule has 2 unspecified atom stereocenters. The van der Waals surface area contributed by atoms with Crippen LogP contribution in [0.25, 0.3) is 0 Å². The van der Waals surface area contributed by atoms with Gasteiger partial charge in [0.25, 0.3) is 0 Å². The van der Waals surface area contributed by atoms with E-state index in [9.17, 15) is 4.79 Å². The van der Waals surface area contributed by atoms with Crippen LogP contribution in [0.5, 0.6) is 0 Å². The van der Waals surface area contributed by atoms with E-state index in [1.807, 2.05) is 3.11 Å². The van der Waals surface area contributed by atoms with Crippen LogP contribution in [0.1, 0.15) is 25.7 Å². The minimum absolute atomic E-state index is 0.308. The van der Waals surface area contributed by atoms with Gasteiger partial charge in [0, 0.05) is 41.9 Å². The van der Waals surface area contributed by atoms with E-state index in [0.717, 1.165) is 12.8 Å². The van der Waals surface area contributed by atoms with Crippen molar-refractivity contribution in [3.8, 4) is 0 Å². The average Bonchev–Trinajstić information content (AvgIpc) is 2.62. The molecule has 0 aromatic rings. The summed E-state index contributed by atoms with van der Waals surface area (Å²) in [5.41, 5.74) is 0. The minimum atomic E-state index is 0.308. The highest BCUT2D eigenvalue weighted by molar-refractivity contribution is 14.1. The van der Waals surface area contributed by atoms with Gasteiger partial charge < -0.3 is 0 Å². The first-order chi connectivity index (χ1) is 6.20. The van der Waals surface area contributed by atoms with Crippen LogP contribution in [0, 0.1) is 0 Å². The molecular formula is C8H12I2N2O. The summed E-state index contributed by atoms with van der Waals surface area (Å²) in [7, 11) is 0. The Labute approximate surface area is 106 Å². The Morgan fingerprint density at radius 3 is 2.46 bits per heavy atom. The molecular weight excluding hydrogens is 394 g/mol. The zero-order valence-electron chi connectivity index (χ0n) is 7.25. The van der Waals surface area contributed by atoms with E-state index in [-0.39, 0.29) is 0 Å². The van der Waals surface area contributed by atoms with Gasteiger partial charge in [0.15, 0.2) is 0 Å². The number of carbonyl (C=O) groups excluding carboxylic acids is 1. The second kappa shape index (κ2) is 4.18. The summed E-state index contributed by atoms with van der Waals surface area (Å²) in [6.45, 7) is 1.18. The fraction of sp³-hybridized carbons (Fsp3) is 0.875. The average molecular weight is 406 g/mol. The normalized spacial score (nSPS) is 36.2. The molecule has 3 nitrogen and oxygen atoms in total. The molecule has 0 aromatic heterocycles. The van der Waals surface area contributed by atoms with Crippen LogP contribution in [-0.2, 0) is 4.79 Å². The highest BCUT2D eigenvalue weighted by Crippen LogP contribution is 2.34. The van der Waals surface area contributed by atoms with Gasteiger partial charge in [0.05, 0.1) is 28.9 Å². The molecule has 2 rings (SSSR count). The molecule has 0 radical (unpaired) electrons. The number of halogens is 2. The number of hydrogen-bond acceptors (Lipinski definition) is 2. The van der Waals surface area contributed by atoms with E-state index in [1.54, 1.807) is 0 Å². The third-order valence-corrected chi connectivity index (χ3v) is 5.31. The third kappa shape index (κ3) is 1.97. The highest BCUT2D eigenvalue weighted by atomic mass is 127. The van der Waals surface area contributed by atoms with Gasteiger partial charge in [-0.2, -0.15) is 0 Å². The highest BCUT2D eigenvalue weighted by Gasteiger charge is 2.39. The monoisotopic (exact) mass is 406 g/mol. The maximum atomic E-state index is 11.3. The third-order valence-electron chi connectivity index (χ3n) is 2.86. The van der Waals surface area contributed by atoms with Crippen LogP contribution in [0.15, 0.2) is 0 Å². The SMILES string of the molecule is O=C1CCC(C2CCCN2I)N1I. The van der Waals surface area contributed by atoms with Crippen molar-refractivity contribution in [3.63, 3.8) is 0 Å². The molecule has 1 amide bonds. The predicted molar refractivity (Wildman–Crippen MR) is 67.6 cm³/mol. The first kappa shape index (κ1) is 10.4. The summed E-state index contributed by atoms with van der Waals surface area (Å²) in [5.74, 6) is 0.308. The second-order valence-corrected chi connectivity index (χ2v) is 5.92. The number of carbonyl (C=O) groups is 1. The van der Waals surface area contributed by atoms with E-state index in [0.29, 0.717) is 18.0 Å². The van der Waals surface area contributed by atoms with Gasteiger partial charge in [-0.1, -0.05) is 0 Å². The first-order valence-corrected chi connectivity index (χ1v) is 6.53.